The molecule has 6 heteroatoms. The predicted molar refractivity (Wildman–Crippen MR) is 133 cm³/mol. The molecule has 0 aliphatic rings. The number of ether oxygens (including phenoxy) is 2. The minimum atomic E-state index is -0.574. The fraction of sp³-hybridized carbons (Fsp3) is 0.536. The molecule has 3 N–H and O–H groups in total. The van der Waals surface area contributed by atoms with Crippen molar-refractivity contribution in [2.75, 3.05) is 19.8 Å². The van der Waals surface area contributed by atoms with Crippen molar-refractivity contribution in [2.45, 2.75) is 72.5 Å². The minimum absolute atomic E-state index is 0.220. The fourth-order valence-corrected chi connectivity index (χ4v) is 4.11. The summed E-state index contributed by atoms with van der Waals surface area (Å²) in [6.45, 7) is 11.4. The van der Waals surface area contributed by atoms with Gasteiger partial charge in [-0.1, -0.05) is 52.8 Å². The molecule has 0 aromatic heterocycles. The van der Waals surface area contributed by atoms with Gasteiger partial charge in [-0.25, -0.2) is 0 Å². The van der Waals surface area contributed by atoms with Crippen LogP contribution in [0.3, 0.4) is 0 Å². The number of carbonyl (C=O) groups is 1. The lowest BCUT2D eigenvalue weighted by molar-refractivity contribution is -0.123. The number of ketones is 1. The number of benzene rings is 2. The lowest BCUT2D eigenvalue weighted by Crippen LogP contribution is -2.32. The molecule has 1 atom stereocenters. The molecule has 0 bridgehead atoms. The Balaban J connectivity index is 2.37. The van der Waals surface area contributed by atoms with E-state index >= 15 is 0 Å². The van der Waals surface area contributed by atoms with Gasteiger partial charge in [-0.15, -0.1) is 0 Å². The monoisotopic (exact) mass is 472 g/mol. The zero-order valence-corrected chi connectivity index (χ0v) is 21.4. The summed E-state index contributed by atoms with van der Waals surface area (Å²) in [6, 6.07) is 11.9. The molecular formula is C28H40O6. The number of aliphatic hydroxyl groups is 3. The largest absolute Gasteiger partial charge is 0.491 e. The summed E-state index contributed by atoms with van der Waals surface area (Å²) >= 11 is 0. The summed E-state index contributed by atoms with van der Waals surface area (Å²) in [5.41, 5.74) is 3.26. The molecule has 2 rings (SSSR count). The van der Waals surface area contributed by atoms with Crippen LogP contribution >= 0.6 is 0 Å². The van der Waals surface area contributed by atoms with Gasteiger partial charge in [-0.2, -0.15) is 0 Å². The lowest BCUT2D eigenvalue weighted by atomic mass is 9.70. The van der Waals surface area contributed by atoms with Crippen LogP contribution < -0.4 is 9.47 Å². The van der Waals surface area contributed by atoms with Gasteiger partial charge in [0.1, 0.15) is 31.3 Å². The first-order chi connectivity index (χ1) is 16.0. The van der Waals surface area contributed by atoms with Crippen LogP contribution in [0.5, 0.6) is 11.5 Å². The van der Waals surface area contributed by atoms with Crippen molar-refractivity contribution in [3.63, 3.8) is 0 Å². The second kappa shape index (κ2) is 11.8. The first kappa shape index (κ1) is 27.8. The van der Waals surface area contributed by atoms with Gasteiger partial charge in [0.2, 0.25) is 0 Å². The van der Waals surface area contributed by atoms with Crippen molar-refractivity contribution in [1.82, 2.24) is 0 Å². The first-order valence-corrected chi connectivity index (χ1v) is 11.9. The molecule has 0 aliphatic heterocycles. The van der Waals surface area contributed by atoms with Crippen LogP contribution in [0.1, 0.15) is 69.7 Å². The van der Waals surface area contributed by atoms with E-state index in [4.69, 9.17) is 14.6 Å². The minimum Gasteiger partial charge on any atom is -0.491 e. The Morgan fingerprint density at radius 1 is 0.941 bits per heavy atom. The average Bonchev–Trinajstić information content (AvgIpc) is 2.82. The Kier molecular flexibility index (Phi) is 9.68. The second-order valence-electron chi connectivity index (χ2n) is 9.93. The van der Waals surface area contributed by atoms with E-state index in [0.717, 1.165) is 35.3 Å². The Labute approximate surface area is 203 Å². The fourth-order valence-electron chi connectivity index (χ4n) is 4.11. The average molecular weight is 473 g/mol. The van der Waals surface area contributed by atoms with Crippen molar-refractivity contribution >= 4 is 5.78 Å². The summed E-state index contributed by atoms with van der Waals surface area (Å²) in [5, 5.41) is 29.2. The van der Waals surface area contributed by atoms with Crippen LogP contribution in [0.25, 0.3) is 0 Å². The lowest BCUT2D eigenvalue weighted by Gasteiger charge is -2.34. The van der Waals surface area contributed by atoms with Crippen molar-refractivity contribution in [3.8, 4) is 11.5 Å². The standard InChI is InChI=1S/C28H40O6/c1-7-28(8-2,22-10-12-25(20(14-22)15-29)33-17-23(31)16-30)21-9-11-24(19(3)13-21)34-18-26(32)27(4,5)6/h9-14,26,29-30,32H,7-8,15-18H2,1-6H3. The number of carbonyl (C=O) groups excluding carboxylic acids is 1. The van der Waals surface area contributed by atoms with Crippen LogP contribution in [0, 0.1) is 12.3 Å². The first-order valence-electron chi connectivity index (χ1n) is 11.9. The van der Waals surface area contributed by atoms with E-state index in [1.54, 1.807) is 6.07 Å². The number of Topliss-reactive ketones (excluding diaryl/α,β-unsaturated/α-hetero) is 1. The molecule has 0 aliphatic carbocycles. The molecule has 0 amide bonds. The predicted octanol–water partition coefficient (Wildman–Crippen LogP) is 4.32. The molecule has 0 heterocycles. The van der Waals surface area contributed by atoms with Crippen LogP contribution in [0.4, 0.5) is 0 Å². The van der Waals surface area contributed by atoms with E-state index < -0.39 is 18.5 Å². The van der Waals surface area contributed by atoms with Crippen LogP contribution in [-0.2, 0) is 16.8 Å². The summed E-state index contributed by atoms with van der Waals surface area (Å²) < 4.78 is 11.4. The van der Waals surface area contributed by atoms with Crippen molar-refractivity contribution in [3.05, 3.63) is 58.7 Å². The van der Waals surface area contributed by atoms with Gasteiger partial charge in [0.15, 0.2) is 5.78 Å². The maximum atomic E-state index is 11.4. The van der Waals surface area contributed by atoms with Crippen molar-refractivity contribution < 1.29 is 29.6 Å². The van der Waals surface area contributed by atoms with Crippen LogP contribution in [-0.4, -0.2) is 47.0 Å². The highest BCUT2D eigenvalue weighted by molar-refractivity contribution is 5.80. The molecule has 0 saturated carbocycles. The Morgan fingerprint density at radius 3 is 2.03 bits per heavy atom. The third kappa shape index (κ3) is 6.38. The topological polar surface area (TPSA) is 96.2 Å². The zero-order chi connectivity index (χ0) is 25.5. The SMILES string of the molecule is CCC(CC)(c1ccc(OCC(O)C(C)(C)C)c(C)c1)c1ccc(OCC(=O)CO)c(CO)c1. The third-order valence-corrected chi connectivity index (χ3v) is 6.68. The molecule has 2 aromatic rings. The Bertz CT molecular complexity index is 956. The summed E-state index contributed by atoms with van der Waals surface area (Å²) in [7, 11) is 0. The number of hydrogen-bond donors (Lipinski definition) is 3. The number of aliphatic hydroxyl groups excluding tert-OH is 3. The second-order valence-corrected chi connectivity index (χ2v) is 9.93. The number of rotatable bonds is 12. The van der Waals surface area contributed by atoms with Crippen molar-refractivity contribution in [1.29, 1.82) is 0 Å². The third-order valence-electron chi connectivity index (χ3n) is 6.68. The van der Waals surface area contributed by atoms with Gasteiger partial charge < -0.3 is 24.8 Å². The molecule has 2 aromatic carbocycles. The van der Waals surface area contributed by atoms with E-state index in [-0.39, 0.29) is 30.7 Å². The van der Waals surface area contributed by atoms with E-state index in [0.29, 0.717) is 11.3 Å². The molecule has 0 fully saturated rings. The van der Waals surface area contributed by atoms with Crippen molar-refractivity contribution in [2.24, 2.45) is 5.41 Å². The molecule has 0 radical (unpaired) electrons. The van der Waals surface area contributed by atoms with Gasteiger partial charge >= 0.3 is 0 Å². The Hall–Kier alpha value is -2.41. The van der Waals surface area contributed by atoms with E-state index in [1.165, 1.54) is 0 Å². The van der Waals surface area contributed by atoms with E-state index in [1.807, 2.05) is 45.9 Å². The summed E-state index contributed by atoms with van der Waals surface area (Å²) in [5.74, 6) is 0.769. The molecule has 34 heavy (non-hydrogen) atoms. The summed E-state index contributed by atoms with van der Waals surface area (Å²) in [6.07, 6.45) is 1.13. The summed E-state index contributed by atoms with van der Waals surface area (Å²) in [4.78, 5) is 11.4. The molecule has 6 nitrogen and oxygen atoms in total. The molecule has 0 saturated heterocycles. The number of hydrogen-bond acceptors (Lipinski definition) is 6. The maximum Gasteiger partial charge on any atom is 0.195 e. The quantitative estimate of drug-likeness (QED) is 0.426. The Morgan fingerprint density at radius 2 is 1.53 bits per heavy atom. The highest BCUT2D eigenvalue weighted by Gasteiger charge is 2.32. The van der Waals surface area contributed by atoms with Crippen LogP contribution in [0.15, 0.2) is 36.4 Å². The molecular weight excluding hydrogens is 432 g/mol. The van der Waals surface area contributed by atoms with Gasteiger partial charge in [-0.3, -0.25) is 4.79 Å². The number of aryl methyl sites for hydroxylation is 1. The highest BCUT2D eigenvalue weighted by Crippen LogP contribution is 2.41. The van der Waals surface area contributed by atoms with Gasteiger partial charge in [0.25, 0.3) is 0 Å². The maximum absolute atomic E-state index is 11.4. The van der Waals surface area contributed by atoms with Gasteiger partial charge in [0, 0.05) is 11.0 Å². The smallest absolute Gasteiger partial charge is 0.195 e. The van der Waals surface area contributed by atoms with Gasteiger partial charge in [-0.05, 0) is 60.1 Å². The zero-order valence-electron chi connectivity index (χ0n) is 21.4. The highest BCUT2D eigenvalue weighted by atomic mass is 16.5. The normalized spacial score (nSPS) is 13.0. The van der Waals surface area contributed by atoms with E-state index in [9.17, 15) is 15.0 Å². The van der Waals surface area contributed by atoms with E-state index in [2.05, 4.69) is 26.0 Å². The van der Waals surface area contributed by atoms with Crippen LogP contribution in [0.2, 0.25) is 0 Å². The van der Waals surface area contributed by atoms with Gasteiger partial charge in [0.05, 0.1) is 12.7 Å². The molecule has 1 unspecified atom stereocenters. The molecule has 0 spiro atoms. The molecule has 188 valence electrons.